The van der Waals surface area contributed by atoms with Crippen molar-refractivity contribution in [2.75, 3.05) is 17.4 Å². The van der Waals surface area contributed by atoms with Gasteiger partial charge in [0.05, 0.1) is 11.6 Å². The molecule has 0 spiro atoms. The molecule has 0 aromatic carbocycles. The van der Waals surface area contributed by atoms with E-state index in [2.05, 4.69) is 0 Å². The highest BCUT2D eigenvalue weighted by Crippen LogP contribution is 2.25. The molecule has 1 heterocycles. The monoisotopic (exact) mass is 267 g/mol. The van der Waals surface area contributed by atoms with Gasteiger partial charge in [-0.05, 0) is 12.3 Å². The first kappa shape index (κ1) is 13.8. The Hall–Kier alpha value is -0.270. The van der Waals surface area contributed by atoms with Crippen molar-refractivity contribution in [1.82, 2.24) is 4.31 Å². The fourth-order valence-corrected chi connectivity index (χ4v) is 4.93. The summed E-state index contributed by atoms with van der Waals surface area (Å²) in [6, 6.07) is -0.887. The zero-order valence-corrected chi connectivity index (χ0v) is 11.1. The molecule has 5 nitrogen and oxygen atoms in total. The van der Waals surface area contributed by atoms with E-state index in [0.717, 1.165) is 4.31 Å². The van der Waals surface area contributed by atoms with Crippen LogP contribution in [-0.4, -0.2) is 47.2 Å². The van der Waals surface area contributed by atoms with E-state index in [1.54, 1.807) is 0 Å². The number of aliphatic carboxylic acids is 1. The van der Waals surface area contributed by atoms with Crippen LogP contribution in [0.25, 0.3) is 0 Å². The Morgan fingerprint density at radius 1 is 1.56 bits per heavy atom. The zero-order valence-electron chi connectivity index (χ0n) is 9.42. The van der Waals surface area contributed by atoms with Gasteiger partial charge < -0.3 is 5.11 Å². The van der Waals surface area contributed by atoms with Crippen molar-refractivity contribution in [3.8, 4) is 0 Å². The van der Waals surface area contributed by atoms with Crippen LogP contribution in [0, 0.1) is 5.92 Å². The summed E-state index contributed by atoms with van der Waals surface area (Å²) >= 11 is 1.35. The van der Waals surface area contributed by atoms with E-state index in [1.807, 2.05) is 13.8 Å². The minimum atomic E-state index is -3.42. The lowest BCUT2D eigenvalue weighted by Crippen LogP contribution is -2.42. The number of sulfonamides is 1. The number of hydrogen-bond acceptors (Lipinski definition) is 4. The standard InChI is InChI=1S/C9H17NO4S2/c1-7(2)3-4-16(13,14)10-6-15-5-8(10)9(11)12/h7-8H,3-6H2,1-2H3,(H,11,12). The minimum Gasteiger partial charge on any atom is -0.480 e. The van der Waals surface area contributed by atoms with Gasteiger partial charge in [-0.2, -0.15) is 4.31 Å². The Labute approximate surface area is 100 Å². The molecular weight excluding hydrogens is 250 g/mol. The van der Waals surface area contributed by atoms with Crippen molar-refractivity contribution in [2.45, 2.75) is 26.3 Å². The van der Waals surface area contributed by atoms with Crippen molar-refractivity contribution < 1.29 is 18.3 Å². The quantitative estimate of drug-likeness (QED) is 0.798. The van der Waals surface area contributed by atoms with Gasteiger partial charge in [0, 0.05) is 5.75 Å². The minimum absolute atomic E-state index is 0.0367. The largest absolute Gasteiger partial charge is 0.480 e. The first-order valence-corrected chi connectivity index (χ1v) is 7.91. The molecule has 0 aromatic heterocycles. The van der Waals surface area contributed by atoms with Gasteiger partial charge in [-0.15, -0.1) is 11.8 Å². The van der Waals surface area contributed by atoms with E-state index in [4.69, 9.17) is 5.11 Å². The molecule has 16 heavy (non-hydrogen) atoms. The average Bonchev–Trinajstić information content (AvgIpc) is 2.63. The fourth-order valence-electron chi connectivity index (χ4n) is 1.40. The van der Waals surface area contributed by atoms with E-state index in [-0.39, 0.29) is 11.6 Å². The molecule has 1 unspecified atom stereocenters. The van der Waals surface area contributed by atoms with Gasteiger partial charge >= 0.3 is 5.97 Å². The number of carboxylic acid groups (broad SMARTS) is 1. The van der Waals surface area contributed by atoms with Crippen molar-refractivity contribution >= 4 is 27.8 Å². The van der Waals surface area contributed by atoms with E-state index < -0.39 is 22.0 Å². The molecule has 0 bridgehead atoms. The summed E-state index contributed by atoms with van der Waals surface area (Å²) < 4.78 is 24.9. The lowest BCUT2D eigenvalue weighted by atomic mass is 10.2. The number of hydrogen-bond donors (Lipinski definition) is 1. The van der Waals surface area contributed by atoms with E-state index in [9.17, 15) is 13.2 Å². The number of carbonyl (C=O) groups is 1. The Kier molecular flexibility index (Phi) is 4.63. The Morgan fingerprint density at radius 2 is 2.19 bits per heavy atom. The highest BCUT2D eigenvalue weighted by molar-refractivity contribution is 8.00. The zero-order chi connectivity index (χ0) is 12.3. The molecule has 0 aromatic rings. The highest BCUT2D eigenvalue weighted by Gasteiger charge is 2.38. The van der Waals surface area contributed by atoms with Gasteiger partial charge in [0.25, 0.3) is 0 Å². The molecule has 1 fully saturated rings. The van der Waals surface area contributed by atoms with Crippen LogP contribution in [-0.2, 0) is 14.8 Å². The maximum Gasteiger partial charge on any atom is 0.322 e. The summed E-state index contributed by atoms with van der Waals surface area (Å²) in [6.07, 6.45) is 0.565. The lowest BCUT2D eigenvalue weighted by Gasteiger charge is -2.20. The number of carboxylic acids is 1. The Balaban J connectivity index is 2.71. The molecule has 0 radical (unpaired) electrons. The smallest absolute Gasteiger partial charge is 0.322 e. The predicted octanol–water partition coefficient (Wildman–Crippen LogP) is 0.822. The van der Waals surface area contributed by atoms with Crippen LogP contribution in [0.4, 0.5) is 0 Å². The first-order valence-electron chi connectivity index (χ1n) is 5.14. The summed E-state index contributed by atoms with van der Waals surface area (Å²) in [5, 5.41) is 8.90. The third-order valence-electron chi connectivity index (χ3n) is 2.44. The summed E-state index contributed by atoms with van der Waals surface area (Å²) in [4.78, 5) is 10.9. The SMILES string of the molecule is CC(C)CCS(=O)(=O)N1CSCC1C(=O)O. The Bertz CT molecular complexity index is 353. The molecule has 1 atom stereocenters. The average molecular weight is 267 g/mol. The third kappa shape index (κ3) is 3.36. The molecule has 7 heteroatoms. The van der Waals surface area contributed by atoms with Gasteiger partial charge in [0.2, 0.25) is 10.0 Å². The number of thioether (sulfide) groups is 1. The van der Waals surface area contributed by atoms with Gasteiger partial charge in [0.15, 0.2) is 0 Å². The molecular formula is C9H17NO4S2. The second-order valence-corrected chi connectivity index (χ2v) is 7.28. The van der Waals surface area contributed by atoms with Gasteiger partial charge in [0.1, 0.15) is 6.04 Å². The second-order valence-electron chi connectivity index (χ2n) is 4.24. The van der Waals surface area contributed by atoms with Crippen LogP contribution >= 0.6 is 11.8 Å². The topological polar surface area (TPSA) is 74.7 Å². The van der Waals surface area contributed by atoms with Crippen LogP contribution in [0.3, 0.4) is 0 Å². The summed E-state index contributed by atoms with van der Waals surface area (Å²) in [5.41, 5.74) is 0. The lowest BCUT2D eigenvalue weighted by molar-refractivity contribution is -0.140. The van der Waals surface area contributed by atoms with Crippen molar-refractivity contribution in [3.05, 3.63) is 0 Å². The fraction of sp³-hybridized carbons (Fsp3) is 0.889. The summed E-state index contributed by atoms with van der Waals surface area (Å²) in [5.74, 6) is -0.116. The van der Waals surface area contributed by atoms with Crippen LogP contribution in [0.15, 0.2) is 0 Å². The molecule has 1 rings (SSSR count). The Morgan fingerprint density at radius 3 is 2.69 bits per heavy atom. The van der Waals surface area contributed by atoms with Crippen LogP contribution in [0.5, 0.6) is 0 Å². The summed E-state index contributed by atoms with van der Waals surface area (Å²) in [7, 11) is -3.42. The normalized spacial score (nSPS) is 22.8. The third-order valence-corrected chi connectivity index (χ3v) is 5.46. The van der Waals surface area contributed by atoms with Crippen LogP contribution in [0.1, 0.15) is 20.3 Å². The van der Waals surface area contributed by atoms with Crippen molar-refractivity contribution in [2.24, 2.45) is 5.92 Å². The number of nitrogens with zero attached hydrogens (tertiary/aromatic N) is 1. The van der Waals surface area contributed by atoms with E-state index >= 15 is 0 Å². The second kappa shape index (κ2) is 5.37. The maximum atomic E-state index is 11.9. The van der Waals surface area contributed by atoms with E-state index in [1.165, 1.54) is 11.8 Å². The van der Waals surface area contributed by atoms with Gasteiger partial charge in [-0.25, -0.2) is 8.42 Å². The van der Waals surface area contributed by atoms with Gasteiger partial charge in [-0.3, -0.25) is 4.79 Å². The summed E-state index contributed by atoms with van der Waals surface area (Å²) in [6.45, 7) is 3.89. The van der Waals surface area contributed by atoms with Crippen molar-refractivity contribution in [1.29, 1.82) is 0 Å². The van der Waals surface area contributed by atoms with E-state index in [0.29, 0.717) is 18.1 Å². The molecule has 0 amide bonds. The van der Waals surface area contributed by atoms with Crippen molar-refractivity contribution in [3.63, 3.8) is 0 Å². The first-order chi connectivity index (χ1) is 7.34. The maximum absolute atomic E-state index is 11.9. The molecule has 94 valence electrons. The molecule has 0 aliphatic carbocycles. The molecule has 1 aliphatic rings. The van der Waals surface area contributed by atoms with Crippen LogP contribution in [0.2, 0.25) is 0 Å². The molecule has 1 N–H and O–H groups in total. The molecule has 0 saturated carbocycles. The molecule has 1 aliphatic heterocycles. The van der Waals surface area contributed by atoms with Crippen LogP contribution < -0.4 is 0 Å². The van der Waals surface area contributed by atoms with Gasteiger partial charge in [-0.1, -0.05) is 13.8 Å². The molecule has 1 saturated heterocycles. The predicted molar refractivity (Wildman–Crippen MR) is 63.8 cm³/mol. The number of rotatable bonds is 5. The highest BCUT2D eigenvalue weighted by atomic mass is 32.2.